The first kappa shape index (κ1) is 14.7. The molecule has 2 rings (SSSR count). The number of aromatic nitrogens is 2. The number of hydrogen-bond donors (Lipinski definition) is 1. The summed E-state index contributed by atoms with van der Waals surface area (Å²) in [5, 5.41) is 5.06. The molecule has 2 aromatic rings. The van der Waals surface area contributed by atoms with Crippen LogP contribution in [0.2, 0.25) is 0 Å². The highest BCUT2D eigenvalue weighted by atomic mass is 32.1. The van der Waals surface area contributed by atoms with Gasteiger partial charge in [-0.25, -0.2) is 9.78 Å². The third-order valence-corrected chi connectivity index (χ3v) is 4.09. The molecule has 0 aliphatic heterocycles. The molecule has 2 aromatic heterocycles. The Bertz CT molecular complexity index is 565. The van der Waals surface area contributed by atoms with Crippen LogP contribution in [0.5, 0.6) is 0 Å². The first-order valence-corrected chi connectivity index (χ1v) is 7.40. The summed E-state index contributed by atoms with van der Waals surface area (Å²) in [6.07, 6.45) is 3.63. The molecule has 1 N–H and O–H groups in total. The van der Waals surface area contributed by atoms with E-state index in [0.717, 1.165) is 10.7 Å². The number of imidazole rings is 1. The number of nitrogens with one attached hydrogen (secondary N) is 1. The minimum Gasteiger partial charge on any atom is -0.465 e. The van der Waals surface area contributed by atoms with Crippen LogP contribution >= 0.6 is 11.3 Å². The van der Waals surface area contributed by atoms with Crippen LogP contribution in [-0.4, -0.2) is 34.7 Å². The van der Waals surface area contributed by atoms with Gasteiger partial charge in [0.05, 0.1) is 18.0 Å². The van der Waals surface area contributed by atoms with Crippen molar-refractivity contribution >= 4 is 17.3 Å². The first-order valence-electron chi connectivity index (χ1n) is 6.52. The van der Waals surface area contributed by atoms with E-state index in [1.165, 1.54) is 0 Å². The van der Waals surface area contributed by atoms with Crippen LogP contribution in [0.1, 0.15) is 13.8 Å². The van der Waals surface area contributed by atoms with Gasteiger partial charge in [0.15, 0.2) is 0 Å². The Kier molecular flexibility index (Phi) is 4.57. The van der Waals surface area contributed by atoms with Crippen molar-refractivity contribution in [3.8, 4) is 10.7 Å². The maximum atomic E-state index is 12.1. The van der Waals surface area contributed by atoms with Gasteiger partial charge in [-0.15, -0.1) is 11.3 Å². The lowest BCUT2D eigenvalue weighted by Gasteiger charge is -2.27. The summed E-state index contributed by atoms with van der Waals surface area (Å²) in [6.45, 7) is 4.48. The lowest BCUT2D eigenvalue weighted by molar-refractivity contribution is -0.150. The van der Waals surface area contributed by atoms with Crippen molar-refractivity contribution in [2.24, 2.45) is 0 Å². The third-order valence-electron chi connectivity index (χ3n) is 3.22. The summed E-state index contributed by atoms with van der Waals surface area (Å²) in [6, 6.07) is 4.01. The van der Waals surface area contributed by atoms with Crippen molar-refractivity contribution in [3.63, 3.8) is 0 Å². The maximum Gasteiger partial charge on any atom is 0.327 e. The predicted octanol–water partition coefficient (Wildman–Crippen LogP) is 2.15. The topological polar surface area (TPSA) is 56.2 Å². The summed E-state index contributed by atoms with van der Waals surface area (Å²) in [5.41, 5.74) is -0.775. The van der Waals surface area contributed by atoms with Crippen molar-refractivity contribution in [1.29, 1.82) is 0 Å². The summed E-state index contributed by atoms with van der Waals surface area (Å²) in [7, 11) is 1.76. The number of carbonyl (C=O) groups excluding carboxylic acids is 1. The van der Waals surface area contributed by atoms with Crippen molar-refractivity contribution in [1.82, 2.24) is 14.9 Å². The number of carbonyl (C=O) groups is 1. The highest BCUT2D eigenvalue weighted by Gasteiger charge is 2.34. The molecule has 0 saturated heterocycles. The van der Waals surface area contributed by atoms with Crippen LogP contribution in [0, 0.1) is 0 Å². The Morgan fingerprint density at radius 1 is 1.60 bits per heavy atom. The number of nitrogens with zero attached hydrogens (tertiary/aromatic N) is 2. The van der Waals surface area contributed by atoms with Crippen LogP contribution in [0.3, 0.4) is 0 Å². The average Bonchev–Trinajstić information content (AvgIpc) is 3.09. The molecule has 20 heavy (non-hydrogen) atoms. The molecule has 0 bridgehead atoms. The number of esters is 1. The van der Waals surface area contributed by atoms with Crippen molar-refractivity contribution in [2.75, 3.05) is 13.7 Å². The minimum absolute atomic E-state index is 0.256. The highest BCUT2D eigenvalue weighted by molar-refractivity contribution is 7.13. The van der Waals surface area contributed by atoms with Gasteiger partial charge in [-0.1, -0.05) is 6.07 Å². The molecule has 0 amide bonds. The van der Waals surface area contributed by atoms with Crippen molar-refractivity contribution in [3.05, 3.63) is 29.9 Å². The molecule has 5 nitrogen and oxygen atoms in total. The van der Waals surface area contributed by atoms with E-state index in [4.69, 9.17) is 4.74 Å². The zero-order chi connectivity index (χ0) is 14.6. The van der Waals surface area contributed by atoms with E-state index in [2.05, 4.69) is 10.3 Å². The van der Waals surface area contributed by atoms with Crippen LogP contribution in [0.25, 0.3) is 10.7 Å². The summed E-state index contributed by atoms with van der Waals surface area (Å²) in [4.78, 5) is 17.6. The molecule has 108 valence electrons. The molecule has 2 heterocycles. The standard InChI is InChI=1S/C14H19N3O2S/c1-4-19-13(18)14(2,15-3)10-17-8-7-16-12(17)11-6-5-9-20-11/h5-9,15H,4,10H2,1-3H3. The fourth-order valence-electron chi connectivity index (χ4n) is 1.94. The van der Waals surface area contributed by atoms with Gasteiger partial charge >= 0.3 is 5.97 Å². The van der Waals surface area contributed by atoms with E-state index in [1.54, 1.807) is 24.6 Å². The van der Waals surface area contributed by atoms with Crippen LogP contribution in [-0.2, 0) is 16.1 Å². The number of ether oxygens (including phenoxy) is 1. The molecule has 0 saturated carbocycles. The summed E-state index contributed by atoms with van der Waals surface area (Å²) >= 11 is 1.63. The van der Waals surface area contributed by atoms with E-state index in [-0.39, 0.29) is 5.97 Å². The predicted molar refractivity (Wildman–Crippen MR) is 79.6 cm³/mol. The lowest BCUT2D eigenvalue weighted by atomic mass is 10.0. The van der Waals surface area contributed by atoms with Gasteiger partial charge in [0.2, 0.25) is 0 Å². The quantitative estimate of drug-likeness (QED) is 0.829. The van der Waals surface area contributed by atoms with E-state index in [1.807, 2.05) is 42.1 Å². The van der Waals surface area contributed by atoms with Gasteiger partial charge in [-0.3, -0.25) is 0 Å². The monoisotopic (exact) mass is 293 g/mol. The Morgan fingerprint density at radius 3 is 3.00 bits per heavy atom. The van der Waals surface area contributed by atoms with Gasteiger partial charge in [0, 0.05) is 12.4 Å². The Labute approximate surface area is 122 Å². The summed E-state index contributed by atoms with van der Waals surface area (Å²) in [5.74, 6) is 0.610. The molecule has 0 aromatic carbocycles. The molecule has 0 aliphatic carbocycles. The fraction of sp³-hybridized carbons (Fsp3) is 0.429. The highest BCUT2D eigenvalue weighted by Crippen LogP contribution is 2.24. The fourth-order valence-corrected chi connectivity index (χ4v) is 2.68. The Morgan fingerprint density at radius 2 is 2.40 bits per heavy atom. The number of hydrogen-bond acceptors (Lipinski definition) is 5. The lowest BCUT2D eigenvalue weighted by Crippen LogP contribution is -2.51. The number of likely N-dealkylation sites (N-methyl/N-ethyl adjacent to an activating group) is 1. The molecular formula is C14H19N3O2S. The SMILES string of the molecule is CCOC(=O)C(C)(Cn1ccnc1-c1cccs1)NC. The van der Waals surface area contributed by atoms with Crippen molar-refractivity contribution in [2.45, 2.75) is 25.9 Å². The zero-order valence-electron chi connectivity index (χ0n) is 11.9. The van der Waals surface area contributed by atoms with Gasteiger partial charge in [-0.05, 0) is 32.3 Å². The average molecular weight is 293 g/mol. The molecule has 6 heteroatoms. The van der Waals surface area contributed by atoms with Crippen LogP contribution in [0.4, 0.5) is 0 Å². The second-order valence-corrected chi connectivity index (χ2v) is 5.61. The normalized spacial score (nSPS) is 13.9. The largest absolute Gasteiger partial charge is 0.465 e. The second-order valence-electron chi connectivity index (χ2n) is 4.66. The minimum atomic E-state index is -0.775. The Balaban J connectivity index is 2.25. The molecule has 1 unspecified atom stereocenters. The smallest absolute Gasteiger partial charge is 0.327 e. The Hall–Kier alpha value is -1.66. The molecule has 0 aliphatic rings. The number of rotatable bonds is 6. The van der Waals surface area contributed by atoms with Crippen molar-refractivity contribution < 1.29 is 9.53 Å². The van der Waals surface area contributed by atoms with E-state index in [0.29, 0.717) is 13.2 Å². The third kappa shape index (κ3) is 2.91. The van der Waals surface area contributed by atoms with E-state index in [9.17, 15) is 4.79 Å². The van der Waals surface area contributed by atoms with Crippen LogP contribution in [0.15, 0.2) is 29.9 Å². The molecule has 0 fully saturated rings. The number of thiophene rings is 1. The van der Waals surface area contributed by atoms with Gasteiger partial charge in [0.1, 0.15) is 11.4 Å². The van der Waals surface area contributed by atoms with Crippen LogP contribution < -0.4 is 5.32 Å². The van der Waals surface area contributed by atoms with E-state index >= 15 is 0 Å². The van der Waals surface area contributed by atoms with Gasteiger partial charge in [0.25, 0.3) is 0 Å². The van der Waals surface area contributed by atoms with E-state index < -0.39 is 5.54 Å². The zero-order valence-corrected chi connectivity index (χ0v) is 12.7. The molecule has 0 spiro atoms. The maximum absolute atomic E-state index is 12.1. The second kappa shape index (κ2) is 6.19. The van der Waals surface area contributed by atoms with Gasteiger partial charge < -0.3 is 14.6 Å². The summed E-state index contributed by atoms with van der Waals surface area (Å²) < 4.78 is 7.12. The molecular weight excluding hydrogens is 274 g/mol. The molecule has 1 atom stereocenters. The first-order chi connectivity index (χ1) is 9.60. The van der Waals surface area contributed by atoms with Gasteiger partial charge in [-0.2, -0.15) is 0 Å². The molecule has 0 radical (unpaired) electrons.